The predicted molar refractivity (Wildman–Crippen MR) is 99.2 cm³/mol. The number of hydrogen-bond acceptors (Lipinski definition) is 5. The Bertz CT molecular complexity index is 952. The second-order valence-corrected chi connectivity index (χ2v) is 6.68. The Labute approximate surface area is 165 Å². The molecule has 0 spiro atoms. The summed E-state index contributed by atoms with van der Waals surface area (Å²) in [7, 11) is 0. The first-order chi connectivity index (χ1) is 13.9. The van der Waals surface area contributed by atoms with Gasteiger partial charge in [-0.1, -0.05) is 0 Å². The van der Waals surface area contributed by atoms with Crippen molar-refractivity contribution in [3.8, 4) is 17.2 Å². The summed E-state index contributed by atoms with van der Waals surface area (Å²) in [5.41, 5.74) is 2.80. The minimum absolute atomic E-state index is 0.260. The molecule has 0 atom stereocenters. The number of rotatable bonds is 3. The zero-order chi connectivity index (χ0) is 20.4. The molecule has 0 fully saturated rings. The fraction of sp³-hybridized carbons (Fsp3) is 0.286. The molecule has 2 aromatic rings. The minimum atomic E-state index is -4.77. The van der Waals surface area contributed by atoms with Gasteiger partial charge in [0.15, 0.2) is 17.3 Å². The molecule has 152 valence electrons. The quantitative estimate of drug-likeness (QED) is 0.615. The van der Waals surface area contributed by atoms with Crippen LogP contribution in [0.2, 0.25) is 0 Å². The number of ketones is 1. The van der Waals surface area contributed by atoms with Crippen molar-refractivity contribution in [1.82, 2.24) is 5.32 Å². The van der Waals surface area contributed by atoms with Gasteiger partial charge in [0.25, 0.3) is 0 Å². The van der Waals surface area contributed by atoms with Crippen molar-refractivity contribution in [1.29, 1.82) is 0 Å². The van der Waals surface area contributed by atoms with Crippen molar-refractivity contribution in [2.75, 3.05) is 19.8 Å². The Morgan fingerprint density at radius 3 is 2.45 bits per heavy atom. The van der Waals surface area contributed by atoms with Crippen LogP contribution in [0.4, 0.5) is 13.2 Å². The Balaban J connectivity index is 1.59. The van der Waals surface area contributed by atoms with Crippen LogP contribution in [0.3, 0.4) is 0 Å². The molecule has 0 saturated carbocycles. The van der Waals surface area contributed by atoms with Gasteiger partial charge in [0.05, 0.1) is 13.2 Å². The zero-order valence-corrected chi connectivity index (χ0v) is 15.3. The van der Waals surface area contributed by atoms with E-state index in [1.165, 1.54) is 18.2 Å². The number of hydrogen-bond donors (Lipinski definition) is 1. The van der Waals surface area contributed by atoms with Crippen LogP contribution in [-0.4, -0.2) is 31.9 Å². The fourth-order valence-electron chi connectivity index (χ4n) is 3.30. The second-order valence-electron chi connectivity index (χ2n) is 6.68. The Kier molecular flexibility index (Phi) is 5.08. The fourth-order valence-corrected chi connectivity index (χ4v) is 3.30. The molecule has 0 radical (unpaired) electrons. The van der Waals surface area contributed by atoms with Crippen LogP contribution in [0, 0.1) is 0 Å². The minimum Gasteiger partial charge on any atom is -0.490 e. The van der Waals surface area contributed by atoms with E-state index in [1.807, 2.05) is 12.1 Å². The molecular formula is C21H18F3NO4. The van der Waals surface area contributed by atoms with E-state index in [4.69, 9.17) is 9.47 Å². The molecule has 0 unspecified atom stereocenters. The number of alkyl halides is 3. The lowest BCUT2D eigenvalue weighted by Gasteiger charge is -2.23. The molecule has 2 aliphatic rings. The highest BCUT2D eigenvalue weighted by atomic mass is 19.4. The highest BCUT2D eigenvalue weighted by molar-refractivity contribution is 6.08. The highest BCUT2D eigenvalue weighted by Gasteiger charge is 2.31. The van der Waals surface area contributed by atoms with Gasteiger partial charge < -0.3 is 19.5 Å². The second kappa shape index (κ2) is 7.69. The van der Waals surface area contributed by atoms with E-state index >= 15 is 0 Å². The van der Waals surface area contributed by atoms with Crippen LogP contribution in [0.5, 0.6) is 17.2 Å². The van der Waals surface area contributed by atoms with E-state index in [0.29, 0.717) is 37.0 Å². The lowest BCUT2D eigenvalue weighted by molar-refractivity contribution is -0.274. The van der Waals surface area contributed by atoms with Gasteiger partial charge in [-0.2, -0.15) is 0 Å². The van der Waals surface area contributed by atoms with E-state index in [0.717, 1.165) is 36.1 Å². The van der Waals surface area contributed by atoms with Crippen LogP contribution in [0.15, 0.2) is 42.5 Å². The first-order valence-electron chi connectivity index (χ1n) is 9.18. The molecule has 29 heavy (non-hydrogen) atoms. The van der Waals surface area contributed by atoms with Gasteiger partial charge in [0, 0.05) is 35.9 Å². The maximum absolute atomic E-state index is 12.6. The number of allylic oxidation sites excluding steroid dienone is 1. The zero-order valence-electron chi connectivity index (χ0n) is 15.3. The average Bonchev–Trinajstić information content (AvgIpc) is 2.91. The van der Waals surface area contributed by atoms with Crippen molar-refractivity contribution >= 4 is 11.5 Å². The third-order valence-corrected chi connectivity index (χ3v) is 4.62. The first kappa shape index (κ1) is 19.2. The Hall–Kier alpha value is -3.16. The normalized spacial score (nSPS) is 17.1. The van der Waals surface area contributed by atoms with Crippen molar-refractivity contribution in [3.63, 3.8) is 0 Å². The van der Waals surface area contributed by atoms with Crippen molar-refractivity contribution < 1.29 is 32.2 Å². The molecule has 1 N–H and O–H groups in total. The summed E-state index contributed by atoms with van der Waals surface area (Å²) in [6.07, 6.45) is -1.75. The highest BCUT2D eigenvalue weighted by Crippen LogP contribution is 2.36. The Morgan fingerprint density at radius 1 is 1.07 bits per heavy atom. The molecule has 4 rings (SSSR count). The summed E-state index contributed by atoms with van der Waals surface area (Å²) in [5.74, 6) is 0.639. The van der Waals surface area contributed by atoms with Crippen LogP contribution >= 0.6 is 0 Å². The summed E-state index contributed by atoms with van der Waals surface area (Å²) in [6, 6.07) is 8.65. The van der Waals surface area contributed by atoms with Crippen LogP contribution in [0.1, 0.15) is 27.9 Å². The first-order valence-corrected chi connectivity index (χ1v) is 9.18. The summed E-state index contributed by atoms with van der Waals surface area (Å²) < 4.78 is 52.1. The lowest BCUT2D eigenvalue weighted by Crippen LogP contribution is -2.23. The maximum atomic E-state index is 12.6. The molecule has 2 aliphatic heterocycles. The van der Waals surface area contributed by atoms with Crippen molar-refractivity contribution in [2.45, 2.75) is 19.2 Å². The molecule has 0 saturated heterocycles. The number of carbonyl (C=O) groups is 1. The molecule has 2 aromatic carbocycles. The van der Waals surface area contributed by atoms with Crippen molar-refractivity contribution in [2.24, 2.45) is 0 Å². The summed E-state index contributed by atoms with van der Waals surface area (Å²) in [6.45, 7) is 1.81. The number of fused-ring (bicyclic) bond motifs is 2. The van der Waals surface area contributed by atoms with Gasteiger partial charge in [0.1, 0.15) is 5.75 Å². The number of carbonyl (C=O) groups excluding carboxylic acids is 1. The molecule has 0 bridgehead atoms. The molecule has 8 heteroatoms. The van der Waals surface area contributed by atoms with Crippen molar-refractivity contribution in [3.05, 3.63) is 59.2 Å². The predicted octanol–water partition coefficient (Wildman–Crippen LogP) is 4.12. The average molecular weight is 405 g/mol. The monoisotopic (exact) mass is 405 g/mol. The molecule has 0 aromatic heterocycles. The van der Waals surface area contributed by atoms with Gasteiger partial charge in [-0.3, -0.25) is 4.79 Å². The van der Waals surface area contributed by atoms with Crippen LogP contribution in [0.25, 0.3) is 5.70 Å². The van der Waals surface area contributed by atoms with Gasteiger partial charge in [0.2, 0.25) is 0 Å². The summed E-state index contributed by atoms with van der Waals surface area (Å²) in [5, 5.41) is 3.21. The molecule has 0 aliphatic carbocycles. The van der Waals surface area contributed by atoms with E-state index < -0.39 is 6.36 Å². The third-order valence-electron chi connectivity index (χ3n) is 4.62. The van der Waals surface area contributed by atoms with Gasteiger partial charge >= 0.3 is 6.36 Å². The maximum Gasteiger partial charge on any atom is 0.573 e. The van der Waals surface area contributed by atoms with Crippen LogP contribution in [-0.2, 0) is 6.42 Å². The van der Waals surface area contributed by atoms with E-state index in [9.17, 15) is 18.0 Å². The van der Waals surface area contributed by atoms with Gasteiger partial charge in [-0.15, -0.1) is 13.2 Å². The summed E-state index contributed by atoms with van der Waals surface area (Å²) >= 11 is 0. The molecular weight excluding hydrogens is 387 g/mol. The number of benzene rings is 2. The third kappa shape index (κ3) is 4.47. The van der Waals surface area contributed by atoms with Crippen LogP contribution < -0.4 is 19.5 Å². The van der Waals surface area contributed by atoms with E-state index in [2.05, 4.69) is 10.1 Å². The standard InChI is InChI=1S/C21H18F3NO4/c22-21(23,24)29-15-4-2-13(3-5-15)18(26)12-17-16-11-20-19(27-8-1-9-28-20)10-14(16)6-7-25-17/h2-5,10-12,25H,1,6-9H2. The molecule has 2 heterocycles. The Morgan fingerprint density at radius 2 is 1.76 bits per heavy atom. The number of nitrogens with one attached hydrogen (secondary N) is 1. The van der Waals surface area contributed by atoms with Gasteiger partial charge in [-0.05, 0) is 48.4 Å². The van der Waals surface area contributed by atoms with Gasteiger partial charge in [-0.25, -0.2) is 0 Å². The molecule has 0 amide bonds. The largest absolute Gasteiger partial charge is 0.573 e. The summed E-state index contributed by atoms with van der Waals surface area (Å²) in [4.78, 5) is 12.6. The lowest BCUT2D eigenvalue weighted by atomic mass is 9.95. The smallest absolute Gasteiger partial charge is 0.490 e. The number of halogens is 3. The topological polar surface area (TPSA) is 56.8 Å². The van der Waals surface area contributed by atoms with E-state index in [-0.39, 0.29) is 17.1 Å². The van der Waals surface area contributed by atoms with E-state index in [1.54, 1.807) is 0 Å². The number of ether oxygens (including phenoxy) is 3. The molecule has 5 nitrogen and oxygen atoms in total. The SMILES string of the molecule is O=C(C=C1NCCc2cc3c(cc21)OCCCO3)c1ccc(OC(F)(F)F)cc1.